The Bertz CT molecular complexity index is 1760. The highest BCUT2D eigenvalue weighted by molar-refractivity contribution is 6.12. The van der Waals surface area contributed by atoms with Gasteiger partial charge in [0.05, 0.1) is 17.6 Å². The smallest absolute Gasteiger partial charge is 0.257 e. The van der Waals surface area contributed by atoms with Crippen LogP contribution in [0.2, 0.25) is 0 Å². The molecule has 0 saturated carbocycles. The van der Waals surface area contributed by atoms with E-state index in [4.69, 9.17) is 5.10 Å². The quantitative estimate of drug-likeness (QED) is 0.384. The van der Waals surface area contributed by atoms with Gasteiger partial charge in [-0.2, -0.15) is 5.10 Å². The van der Waals surface area contributed by atoms with E-state index in [0.717, 1.165) is 27.9 Å². The molecule has 4 aromatic heterocycles. The maximum atomic E-state index is 13.5. The number of aromatic nitrogens is 6. The van der Waals surface area contributed by atoms with Gasteiger partial charge in [0.1, 0.15) is 17.3 Å². The number of carbonyl (C=O) groups excluding carboxylic acids is 1. The van der Waals surface area contributed by atoms with Crippen molar-refractivity contribution in [3.63, 3.8) is 0 Å². The Hall–Kier alpha value is -4.92. The second-order valence-corrected chi connectivity index (χ2v) is 8.43. The van der Waals surface area contributed by atoms with E-state index in [9.17, 15) is 9.18 Å². The van der Waals surface area contributed by atoms with Crippen molar-refractivity contribution in [2.45, 2.75) is 6.92 Å². The second kappa shape index (κ2) is 8.38. The zero-order valence-electron chi connectivity index (χ0n) is 19.5. The Balaban J connectivity index is 1.36. The van der Waals surface area contributed by atoms with Crippen LogP contribution in [0.3, 0.4) is 0 Å². The van der Waals surface area contributed by atoms with Crippen LogP contribution in [0, 0.1) is 12.7 Å². The monoisotopic (exact) mass is 477 g/mol. The number of anilines is 1. The number of hydrogen-bond donors (Lipinski definition) is 1. The zero-order valence-corrected chi connectivity index (χ0v) is 19.5. The van der Waals surface area contributed by atoms with Crippen LogP contribution in [-0.4, -0.2) is 35.0 Å². The molecule has 0 unspecified atom stereocenters. The molecule has 1 N–H and O–H groups in total. The van der Waals surface area contributed by atoms with Crippen LogP contribution in [0.15, 0.2) is 79.3 Å². The van der Waals surface area contributed by atoms with Gasteiger partial charge in [0.2, 0.25) is 0 Å². The Morgan fingerprint density at radius 1 is 1.00 bits per heavy atom. The maximum Gasteiger partial charge on any atom is 0.257 e. The molecule has 1 amide bonds. The molecule has 0 saturated heterocycles. The molecule has 0 atom stereocenters. The van der Waals surface area contributed by atoms with E-state index in [2.05, 4.69) is 20.3 Å². The summed E-state index contributed by atoms with van der Waals surface area (Å²) in [7, 11) is 1.91. The lowest BCUT2D eigenvalue weighted by molar-refractivity contribution is 0.102. The minimum atomic E-state index is -0.305. The number of imidazole rings is 2. The molecule has 8 nitrogen and oxygen atoms in total. The number of benzene rings is 2. The SMILES string of the molecule is Cc1nc(-c2ccc(F)cc2)c(-c2ccc3nc(NC(=O)c4cccc5ccncc45)cn3n2)n1C. The Labute approximate surface area is 205 Å². The minimum absolute atomic E-state index is 0.280. The van der Waals surface area contributed by atoms with Crippen molar-refractivity contribution >= 4 is 28.1 Å². The number of nitrogens with zero attached hydrogens (tertiary/aromatic N) is 6. The summed E-state index contributed by atoms with van der Waals surface area (Å²) >= 11 is 0. The van der Waals surface area contributed by atoms with Gasteiger partial charge in [0.15, 0.2) is 11.5 Å². The highest BCUT2D eigenvalue weighted by Gasteiger charge is 2.19. The molecule has 9 heteroatoms. The molecule has 0 bridgehead atoms. The number of amides is 1. The van der Waals surface area contributed by atoms with E-state index in [1.807, 2.05) is 48.9 Å². The van der Waals surface area contributed by atoms with Crippen LogP contribution in [0.5, 0.6) is 0 Å². The third kappa shape index (κ3) is 3.67. The van der Waals surface area contributed by atoms with Crippen molar-refractivity contribution in [1.82, 2.24) is 29.1 Å². The summed E-state index contributed by atoms with van der Waals surface area (Å²) in [6, 6.07) is 17.3. The molecule has 0 aliphatic rings. The Kier molecular flexibility index (Phi) is 5.03. The average molecular weight is 478 g/mol. The fourth-order valence-corrected chi connectivity index (χ4v) is 4.28. The van der Waals surface area contributed by atoms with E-state index in [-0.39, 0.29) is 11.7 Å². The molecular formula is C27H20FN7O. The van der Waals surface area contributed by atoms with Gasteiger partial charge in [0.25, 0.3) is 5.91 Å². The number of carbonyl (C=O) groups is 1. The van der Waals surface area contributed by atoms with Crippen LogP contribution in [0.4, 0.5) is 10.2 Å². The Morgan fingerprint density at radius 2 is 1.83 bits per heavy atom. The van der Waals surface area contributed by atoms with Crippen molar-refractivity contribution in [2.75, 3.05) is 5.32 Å². The number of hydrogen-bond acceptors (Lipinski definition) is 5. The number of fused-ring (bicyclic) bond motifs is 2. The molecule has 6 aromatic rings. The van der Waals surface area contributed by atoms with Crippen molar-refractivity contribution in [3.8, 4) is 22.6 Å². The summed E-state index contributed by atoms with van der Waals surface area (Å²) in [6.07, 6.45) is 5.04. The van der Waals surface area contributed by atoms with Crippen LogP contribution < -0.4 is 5.32 Å². The van der Waals surface area contributed by atoms with Gasteiger partial charge >= 0.3 is 0 Å². The van der Waals surface area contributed by atoms with Gasteiger partial charge in [-0.05, 0) is 60.8 Å². The fraction of sp³-hybridized carbons (Fsp3) is 0.0741. The molecule has 176 valence electrons. The van der Waals surface area contributed by atoms with Crippen LogP contribution in [0.25, 0.3) is 39.1 Å². The van der Waals surface area contributed by atoms with Crippen LogP contribution in [-0.2, 0) is 7.05 Å². The molecular weight excluding hydrogens is 457 g/mol. The number of halogens is 1. The predicted octanol–water partition coefficient (Wildman–Crippen LogP) is 5.04. The van der Waals surface area contributed by atoms with Crippen molar-refractivity contribution in [3.05, 3.63) is 96.5 Å². The number of aryl methyl sites for hydroxylation is 1. The topological polar surface area (TPSA) is 90.0 Å². The van der Waals surface area contributed by atoms with Gasteiger partial charge in [-0.15, -0.1) is 0 Å². The van der Waals surface area contributed by atoms with E-state index < -0.39 is 0 Å². The molecule has 0 aliphatic carbocycles. The number of pyridine rings is 1. The lowest BCUT2D eigenvalue weighted by atomic mass is 10.1. The van der Waals surface area contributed by atoms with E-state index in [1.54, 1.807) is 41.3 Å². The fourth-order valence-electron chi connectivity index (χ4n) is 4.28. The number of nitrogens with one attached hydrogen (secondary N) is 1. The van der Waals surface area contributed by atoms with E-state index in [1.165, 1.54) is 12.1 Å². The first-order valence-corrected chi connectivity index (χ1v) is 11.3. The summed E-state index contributed by atoms with van der Waals surface area (Å²) in [4.78, 5) is 26.3. The normalized spacial score (nSPS) is 11.3. The molecule has 36 heavy (non-hydrogen) atoms. The molecule has 4 heterocycles. The van der Waals surface area contributed by atoms with Gasteiger partial charge in [-0.3, -0.25) is 9.78 Å². The van der Waals surface area contributed by atoms with Crippen molar-refractivity contribution in [1.29, 1.82) is 0 Å². The maximum absolute atomic E-state index is 13.5. The number of rotatable bonds is 4. The molecule has 2 aromatic carbocycles. The predicted molar refractivity (Wildman–Crippen MR) is 135 cm³/mol. The molecule has 0 spiro atoms. The summed E-state index contributed by atoms with van der Waals surface area (Å²) < 4.78 is 17.0. The lowest BCUT2D eigenvalue weighted by Crippen LogP contribution is -2.12. The lowest BCUT2D eigenvalue weighted by Gasteiger charge is -2.07. The van der Waals surface area contributed by atoms with Crippen LogP contribution >= 0.6 is 0 Å². The first kappa shape index (κ1) is 21.6. The van der Waals surface area contributed by atoms with Gasteiger partial charge < -0.3 is 9.88 Å². The highest BCUT2D eigenvalue weighted by atomic mass is 19.1. The third-order valence-corrected chi connectivity index (χ3v) is 6.17. The minimum Gasteiger partial charge on any atom is -0.330 e. The Morgan fingerprint density at radius 3 is 2.67 bits per heavy atom. The summed E-state index contributed by atoms with van der Waals surface area (Å²) in [6.45, 7) is 1.91. The van der Waals surface area contributed by atoms with E-state index in [0.29, 0.717) is 28.4 Å². The molecule has 0 aliphatic heterocycles. The summed E-state index contributed by atoms with van der Waals surface area (Å²) in [5, 5.41) is 9.30. The van der Waals surface area contributed by atoms with Gasteiger partial charge in [0, 0.05) is 36.0 Å². The average Bonchev–Trinajstić information content (AvgIpc) is 3.43. The highest BCUT2D eigenvalue weighted by Crippen LogP contribution is 2.31. The van der Waals surface area contributed by atoms with Gasteiger partial charge in [-0.25, -0.2) is 18.9 Å². The van der Waals surface area contributed by atoms with E-state index >= 15 is 0 Å². The van der Waals surface area contributed by atoms with Gasteiger partial charge in [-0.1, -0.05) is 12.1 Å². The van der Waals surface area contributed by atoms with Crippen molar-refractivity contribution < 1.29 is 9.18 Å². The third-order valence-electron chi connectivity index (χ3n) is 6.17. The molecule has 0 fully saturated rings. The molecule has 6 rings (SSSR count). The first-order chi connectivity index (χ1) is 17.5. The standard InChI is InChI=1S/C27H20FN7O/c1-16-30-25(18-6-8-19(28)9-7-18)26(34(16)2)22-10-11-24-31-23(15-35(24)33-22)32-27(36)20-5-3-4-17-12-13-29-14-21(17)20/h3-15H,1-2H3,(H,32,36). The summed E-state index contributed by atoms with van der Waals surface area (Å²) in [5.41, 5.74) is 4.06. The zero-order chi connectivity index (χ0) is 24.8. The largest absolute Gasteiger partial charge is 0.330 e. The second-order valence-electron chi connectivity index (χ2n) is 8.43. The van der Waals surface area contributed by atoms with Crippen molar-refractivity contribution in [2.24, 2.45) is 7.05 Å². The first-order valence-electron chi connectivity index (χ1n) is 11.3. The van der Waals surface area contributed by atoms with Crippen LogP contribution in [0.1, 0.15) is 16.2 Å². The summed E-state index contributed by atoms with van der Waals surface area (Å²) in [5.74, 6) is 0.596. The molecule has 0 radical (unpaired) electrons.